The molecule has 2 aromatic carbocycles. The standard InChI is InChI=1S/C24H23FN2/c1-14-5-8-23-18(9-14)6-7-19(27-23)12-16(3)20-13-17(4)26-24-21(20)10-15(2)11-22(24)25/h5-11,13,16H,12H2,1-4H3. The zero-order chi connectivity index (χ0) is 19.1. The Balaban J connectivity index is 1.75. The van der Waals surface area contributed by atoms with Crippen LogP contribution >= 0.6 is 0 Å². The largest absolute Gasteiger partial charge is 0.253 e. The molecule has 0 spiro atoms. The van der Waals surface area contributed by atoms with E-state index in [2.05, 4.69) is 55.2 Å². The van der Waals surface area contributed by atoms with E-state index in [4.69, 9.17) is 4.98 Å². The lowest BCUT2D eigenvalue weighted by molar-refractivity contribution is 0.634. The zero-order valence-corrected chi connectivity index (χ0v) is 16.2. The average molecular weight is 358 g/mol. The third-order valence-electron chi connectivity index (χ3n) is 5.12. The highest BCUT2D eigenvalue weighted by Crippen LogP contribution is 2.30. The number of hydrogen-bond donors (Lipinski definition) is 0. The predicted molar refractivity (Wildman–Crippen MR) is 110 cm³/mol. The fourth-order valence-corrected chi connectivity index (χ4v) is 3.81. The Morgan fingerprint density at radius 1 is 0.889 bits per heavy atom. The normalized spacial score (nSPS) is 12.6. The predicted octanol–water partition coefficient (Wildman–Crippen LogP) is 6.19. The molecule has 27 heavy (non-hydrogen) atoms. The monoisotopic (exact) mass is 358 g/mol. The molecule has 3 heteroatoms. The molecule has 4 rings (SSSR count). The highest BCUT2D eigenvalue weighted by Gasteiger charge is 2.15. The molecule has 136 valence electrons. The number of nitrogens with zero attached hydrogens (tertiary/aromatic N) is 2. The molecule has 0 fully saturated rings. The number of benzene rings is 2. The van der Waals surface area contributed by atoms with E-state index >= 15 is 0 Å². The van der Waals surface area contributed by atoms with Crippen molar-refractivity contribution in [1.29, 1.82) is 0 Å². The summed E-state index contributed by atoms with van der Waals surface area (Å²) in [7, 11) is 0. The summed E-state index contributed by atoms with van der Waals surface area (Å²) in [5.41, 5.74) is 6.65. The van der Waals surface area contributed by atoms with Crippen molar-refractivity contribution in [3.05, 3.63) is 82.4 Å². The topological polar surface area (TPSA) is 25.8 Å². The first kappa shape index (κ1) is 17.6. The summed E-state index contributed by atoms with van der Waals surface area (Å²) in [5, 5.41) is 2.07. The maximum absolute atomic E-state index is 14.4. The maximum Gasteiger partial charge on any atom is 0.149 e. The van der Waals surface area contributed by atoms with Crippen LogP contribution in [0, 0.1) is 26.6 Å². The van der Waals surface area contributed by atoms with Crippen LogP contribution in [0.4, 0.5) is 4.39 Å². The number of pyridine rings is 2. The Morgan fingerprint density at radius 2 is 1.70 bits per heavy atom. The minimum atomic E-state index is -0.249. The van der Waals surface area contributed by atoms with Crippen molar-refractivity contribution < 1.29 is 4.39 Å². The summed E-state index contributed by atoms with van der Waals surface area (Å²) in [6.07, 6.45) is 0.804. The van der Waals surface area contributed by atoms with Crippen LogP contribution in [0.2, 0.25) is 0 Å². The fraction of sp³-hybridized carbons (Fsp3) is 0.250. The molecule has 2 aromatic heterocycles. The molecule has 2 heterocycles. The van der Waals surface area contributed by atoms with Crippen LogP contribution in [0.1, 0.15) is 40.9 Å². The van der Waals surface area contributed by atoms with Crippen LogP contribution in [0.3, 0.4) is 0 Å². The number of halogens is 1. The van der Waals surface area contributed by atoms with Crippen molar-refractivity contribution in [3.8, 4) is 0 Å². The number of hydrogen-bond acceptors (Lipinski definition) is 2. The highest BCUT2D eigenvalue weighted by atomic mass is 19.1. The molecular weight excluding hydrogens is 335 g/mol. The molecule has 0 amide bonds. The summed E-state index contributed by atoms with van der Waals surface area (Å²) in [6, 6.07) is 16.2. The second kappa shape index (κ2) is 6.73. The van der Waals surface area contributed by atoms with E-state index in [1.165, 1.54) is 5.56 Å². The Labute approximate surface area is 159 Å². The SMILES string of the molecule is Cc1ccc2nc(CC(C)c3cc(C)nc4c(F)cc(C)cc34)ccc2c1. The van der Waals surface area contributed by atoms with Gasteiger partial charge in [0.2, 0.25) is 0 Å². The van der Waals surface area contributed by atoms with Crippen molar-refractivity contribution in [2.75, 3.05) is 0 Å². The Morgan fingerprint density at radius 3 is 2.52 bits per heavy atom. The number of aromatic nitrogens is 2. The van der Waals surface area contributed by atoms with Crippen LogP contribution < -0.4 is 0 Å². The molecule has 0 aliphatic heterocycles. The first-order valence-electron chi connectivity index (χ1n) is 9.34. The molecular formula is C24H23FN2. The fourth-order valence-electron chi connectivity index (χ4n) is 3.81. The third-order valence-corrected chi connectivity index (χ3v) is 5.12. The molecule has 0 N–H and O–H groups in total. The van der Waals surface area contributed by atoms with E-state index in [0.29, 0.717) is 5.52 Å². The molecule has 0 aliphatic rings. The van der Waals surface area contributed by atoms with Crippen LogP contribution in [-0.2, 0) is 6.42 Å². The molecule has 0 aliphatic carbocycles. The van der Waals surface area contributed by atoms with E-state index < -0.39 is 0 Å². The smallest absolute Gasteiger partial charge is 0.149 e. The number of fused-ring (bicyclic) bond motifs is 2. The van der Waals surface area contributed by atoms with Gasteiger partial charge in [-0.2, -0.15) is 0 Å². The lowest BCUT2D eigenvalue weighted by atomic mass is 9.91. The van der Waals surface area contributed by atoms with Gasteiger partial charge in [0.05, 0.1) is 5.52 Å². The van der Waals surface area contributed by atoms with Gasteiger partial charge in [-0.3, -0.25) is 9.97 Å². The van der Waals surface area contributed by atoms with E-state index in [1.54, 1.807) is 6.07 Å². The maximum atomic E-state index is 14.4. The molecule has 0 radical (unpaired) electrons. The molecule has 0 bridgehead atoms. The lowest BCUT2D eigenvalue weighted by Gasteiger charge is -2.16. The van der Waals surface area contributed by atoms with Crippen molar-refractivity contribution in [2.45, 2.75) is 40.0 Å². The van der Waals surface area contributed by atoms with E-state index in [0.717, 1.165) is 45.2 Å². The van der Waals surface area contributed by atoms with Crippen molar-refractivity contribution in [3.63, 3.8) is 0 Å². The zero-order valence-electron chi connectivity index (χ0n) is 16.2. The Bertz CT molecular complexity index is 1160. The molecule has 0 saturated heterocycles. The van der Waals surface area contributed by atoms with E-state index in [-0.39, 0.29) is 11.7 Å². The highest BCUT2D eigenvalue weighted by molar-refractivity contribution is 5.84. The Hall–Kier alpha value is -2.81. The summed E-state index contributed by atoms with van der Waals surface area (Å²) in [6.45, 7) is 8.11. The van der Waals surface area contributed by atoms with Crippen LogP contribution in [0.25, 0.3) is 21.8 Å². The average Bonchev–Trinajstić information content (AvgIpc) is 2.62. The minimum Gasteiger partial charge on any atom is -0.253 e. The quantitative estimate of drug-likeness (QED) is 0.436. The van der Waals surface area contributed by atoms with Gasteiger partial charge in [0.25, 0.3) is 0 Å². The second-order valence-electron chi connectivity index (χ2n) is 7.60. The summed E-state index contributed by atoms with van der Waals surface area (Å²) in [4.78, 5) is 9.25. The molecule has 4 aromatic rings. The Kier molecular flexibility index (Phi) is 4.39. The molecule has 1 unspecified atom stereocenters. The summed E-state index contributed by atoms with van der Waals surface area (Å²) < 4.78 is 14.4. The minimum absolute atomic E-state index is 0.214. The van der Waals surface area contributed by atoms with Gasteiger partial charge in [-0.25, -0.2) is 4.39 Å². The van der Waals surface area contributed by atoms with Gasteiger partial charge in [0, 0.05) is 22.2 Å². The van der Waals surface area contributed by atoms with Crippen molar-refractivity contribution in [1.82, 2.24) is 9.97 Å². The van der Waals surface area contributed by atoms with E-state index in [1.807, 2.05) is 19.9 Å². The van der Waals surface area contributed by atoms with Gasteiger partial charge in [0.15, 0.2) is 0 Å². The number of rotatable bonds is 3. The van der Waals surface area contributed by atoms with Gasteiger partial charge in [-0.15, -0.1) is 0 Å². The molecule has 2 nitrogen and oxygen atoms in total. The van der Waals surface area contributed by atoms with Gasteiger partial charge >= 0.3 is 0 Å². The molecule has 0 saturated carbocycles. The summed E-state index contributed by atoms with van der Waals surface area (Å²) in [5.74, 6) is -0.0350. The van der Waals surface area contributed by atoms with Crippen LogP contribution in [0.15, 0.2) is 48.5 Å². The lowest BCUT2D eigenvalue weighted by Crippen LogP contribution is -2.04. The van der Waals surface area contributed by atoms with Gasteiger partial charge in [0.1, 0.15) is 11.3 Å². The number of aryl methyl sites for hydroxylation is 3. The third kappa shape index (κ3) is 3.42. The van der Waals surface area contributed by atoms with Crippen LogP contribution in [-0.4, -0.2) is 9.97 Å². The summed E-state index contributed by atoms with van der Waals surface area (Å²) >= 11 is 0. The second-order valence-corrected chi connectivity index (χ2v) is 7.60. The van der Waals surface area contributed by atoms with Crippen LogP contribution in [0.5, 0.6) is 0 Å². The van der Waals surface area contributed by atoms with Crippen molar-refractivity contribution >= 4 is 21.8 Å². The van der Waals surface area contributed by atoms with E-state index in [9.17, 15) is 4.39 Å². The first-order chi connectivity index (χ1) is 12.9. The van der Waals surface area contributed by atoms with Crippen molar-refractivity contribution in [2.24, 2.45) is 0 Å². The van der Waals surface area contributed by atoms with Gasteiger partial charge < -0.3 is 0 Å². The first-order valence-corrected chi connectivity index (χ1v) is 9.34. The van der Waals surface area contributed by atoms with Gasteiger partial charge in [-0.1, -0.05) is 24.6 Å². The molecule has 1 atom stereocenters. The van der Waals surface area contributed by atoms with Gasteiger partial charge in [-0.05, 0) is 80.6 Å².